The maximum Gasteiger partial charge on any atom is 0.227 e. The minimum atomic E-state index is 0.0830. The molecular weight excluding hydrogens is 330 g/mol. The lowest BCUT2D eigenvalue weighted by atomic mass is 10.0. The maximum atomic E-state index is 13.0. The normalized spacial score (nSPS) is 16.8. The Hall–Kier alpha value is -2.50. The maximum absolute atomic E-state index is 13.0. The predicted molar refractivity (Wildman–Crippen MR) is 99.6 cm³/mol. The number of methoxy groups -OCH3 is 2. The number of likely N-dealkylation sites (tertiary alicyclic amines) is 1. The van der Waals surface area contributed by atoms with Crippen molar-refractivity contribution in [3.63, 3.8) is 0 Å². The van der Waals surface area contributed by atoms with Gasteiger partial charge in [-0.15, -0.1) is 0 Å². The van der Waals surface area contributed by atoms with Gasteiger partial charge in [-0.05, 0) is 44.4 Å². The summed E-state index contributed by atoms with van der Waals surface area (Å²) in [4.78, 5) is 15.0. The number of aryl methyl sites for hydroxylation is 2. The fourth-order valence-corrected chi connectivity index (χ4v) is 3.80. The summed E-state index contributed by atoms with van der Waals surface area (Å²) in [7, 11) is 5.17. The standard InChI is InChI=1S/C20H27N3O3/c1-13-16(14(2)22(3)21-13)12-20(24)23-10-6-7-17(23)15-8-9-18(25-4)19(11-15)26-5/h8-9,11,17H,6-7,10,12H2,1-5H3/t17-/m1/s1. The molecule has 2 heterocycles. The molecule has 1 amide bonds. The zero-order valence-corrected chi connectivity index (χ0v) is 16.2. The Kier molecular flexibility index (Phi) is 5.20. The second-order valence-electron chi connectivity index (χ2n) is 6.81. The van der Waals surface area contributed by atoms with Crippen LogP contribution >= 0.6 is 0 Å². The van der Waals surface area contributed by atoms with E-state index in [9.17, 15) is 4.79 Å². The van der Waals surface area contributed by atoms with Gasteiger partial charge < -0.3 is 14.4 Å². The molecule has 1 atom stereocenters. The number of amides is 1. The van der Waals surface area contributed by atoms with Crippen molar-refractivity contribution in [3.8, 4) is 11.5 Å². The summed E-state index contributed by atoms with van der Waals surface area (Å²) in [6.45, 7) is 4.76. The van der Waals surface area contributed by atoms with Crippen LogP contribution in [0.5, 0.6) is 11.5 Å². The van der Waals surface area contributed by atoms with E-state index in [4.69, 9.17) is 9.47 Å². The van der Waals surface area contributed by atoms with Crippen molar-refractivity contribution in [1.82, 2.24) is 14.7 Å². The first-order valence-electron chi connectivity index (χ1n) is 8.96. The number of ether oxygens (including phenoxy) is 2. The van der Waals surface area contributed by atoms with Gasteiger partial charge in [0.1, 0.15) is 0 Å². The molecule has 0 aliphatic carbocycles. The van der Waals surface area contributed by atoms with Crippen LogP contribution < -0.4 is 9.47 Å². The van der Waals surface area contributed by atoms with Gasteiger partial charge in [-0.1, -0.05) is 6.07 Å². The molecule has 1 saturated heterocycles. The van der Waals surface area contributed by atoms with Crippen LogP contribution in [0.25, 0.3) is 0 Å². The average molecular weight is 357 g/mol. The third-order valence-electron chi connectivity index (χ3n) is 5.35. The van der Waals surface area contributed by atoms with Gasteiger partial charge in [0.25, 0.3) is 0 Å². The molecule has 1 aliphatic rings. The van der Waals surface area contributed by atoms with Crippen molar-refractivity contribution < 1.29 is 14.3 Å². The van der Waals surface area contributed by atoms with Crippen LogP contribution in [0.15, 0.2) is 18.2 Å². The van der Waals surface area contributed by atoms with Crippen molar-refractivity contribution in [2.24, 2.45) is 7.05 Å². The number of benzene rings is 1. The Morgan fingerprint density at radius 3 is 2.58 bits per heavy atom. The third kappa shape index (κ3) is 3.28. The monoisotopic (exact) mass is 357 g/mol. The first-order chi connectivity index (χ1) is 12.5. The minimum absolute atomic E-state index is 0.0830. The topological polar surface area (TPSA) is 56.6 Å². The summed E-state index contributed by atoms with van der Waals surface area (Å²) >= 11 is 0. The molecular formula is C20H27N3O3. The molecule has 6 heteroatoms. The van der Waals surface area contributed by atoms with E-state index in [2.05, 4.69) is 5.10 Å². The zero-order chi connectivity index (χ0) is 18.8. The molecule has 140 valence electrons. The molecule has 3 rings (SSSR count). The van der Waals surface area contributed by atoms with Crippen LogP contribution in [0.2, 0.25) is 0 Å². The predicted octanol–water partition coefficient (Wildman–Crippen LogP) is 2.96. The van der Waals surface area contributed by atoms with Crippen molar-refractivity contribution >= 4 is 5.91 Å². The molecule has 0 radical (unpaired) electrons. The first kappa shape index (κ1) is 18.3. The molecule has 1 fully saturated rings. The van der Waals surface area contributed by atoms with Crippen LogP contribution in [0, 0.1) is 13.8 Å². The van der Waals surface area contributed by atoms with Crippen LogP contribution in [0.4, 0.5) is 0 Å². The largest absolute Gasteiger partial charge is 0.493 e. The van der Waals surface area contributed by atoms with E-state index >= 15 is 0 Å². The molecule has 0 saturated carbocycles. The van der Waals surface area contributed by atoms with E-state index in [0.717, 1.165) is 41.9 Å². The molecule has 6 nitrogen and oxygen atoms in total. The van der Waals surface area contributed by atoms with Gasteiger partial charge in [0.2, 0.25) is 5.91 Å². The molecule has 0 bridgehead atoms. The second kappa shape index (κ2) is 7.40. The quantitative estimate of drug-likeness (QED) is 0.825. The van der Waals surface area contributed by atoms with Gasteiger partial charge in [-0.2, -0.15) is 5.10 Å². The zero-order valence-electron chi connectivity index (χ0n) is 16.2. The van der Waals surface area contributed by atoms with Gasteiger partial charge >= 0.3 is 0 Å². The average Bonchev–Trinajstić information content (AvgIpc) is 3.22. The van der Waals surface area contributed by atoms with Crippen LogP contribution in [0.1, 0.15) is 41.4 Å². The highest BCUT2D eigenvalue weighted by Gasteiger charge is 2.31. The van der Waals surface area contributed by atoms with Gasteiger partial charge in [-0.25, -0.2) is 0 Å². The summed E-state index contributed by atoms with van der Waals surface area (Å²) < 4.78 is 12.6. The molecule has 2 aromatic rings. The highest BCUT2D eigenvalue weighted by molar-refractivity contribution is 5.80. The number of hydrogen-bond donors (Lipinski definition) is 0. The molecule has 1 aliphatic heterocycles. The third-order valence-corrected chi connectivity index (χ3v) is 5.35. The molecule has 0 unspecified atom stereocenters. The number of carbonyl (C=O) groups is 1. The minimum Gasteiger partial charge on any atom is -0.493 e. The SMILES string of the molecule is COc1ccc([C@H]2CCCN2C(=O)Cc2c(C)nn(C)c2C)cc1OC. The second-order valence-corrected chi connectivity index (χ2v) is 6.81. The number of nitrogens with zero attached hydrogens (tertiary/aromatic N) is 3. The van der Waals surface area contributed by atoms with Crippen molar-refractivity contribution in [2.75, 3.05) is 20.8 Å². The van der Waals surface area contributed by atoms with Gasteiger partial charge in [0, 0.05) is 24.8 Å². The van der Waals surface area contributed by atoms with Crippen LogP contribution in [0.3, 0.4) is 0 Å². The van der Waals surface area contributed by atoms with E-state index in [0.29, 0.717) is 17.9 Å². The van der Waals surface area contributed by atoms with Crippen LogP contribution in [-0.4, -0.2) is 41.4 Å². The lowest BCUT2D eigenvalue weighted by Crippen LogP contribution is -2.32. The van der Waals surface area contributed by atoms with Crippen molar-refractivity contribution in [3.05, 3.63) is 40.7 Å². The fourth-order valence-electron chi connectivity index (χ4n) is 3.80. The molecule has 1 aromatic carbocycles. The summed E-state index contributed by atoms with van der Waals surface area (Å²) in [5, 5.41) is 4.42. The Bertz CT molecular complexity index is 813. The number of rotatable bonds is 5. The Balaban J connectivity index is 1.82. The summed E-state index contributed by atoms with van der Waals surface area (Å²) in [5.74, 6) is 1.55. The van der Waals surface area contributed by atoms with Crippen molar-refractivity contribution in [2.45, 2.75) is 39.2 Å². The Morgan fingerprint density at radius 2 is 1.96 bits per heavy atom. The van der Waals surface area contributed by atoms with Gasteiger partial charge in [-0.3, -0.25) is 9.48 Å². The summed E-state index contributed by atoms with van der Waals surface area (Å²) in [6.07, 6.45) is 2.37. The van der Waals surface area contributed by atoms with E-state index in [1.165, 1.54) is 0 Å². The van der Waals surface area contributed by atoms with E-state index in [-0.39, 0.29) is 11.9 Å². The van der Waals surface area contributed by atoms with E-state index in [1.807, 2.05) is 48.7 Å². The highest BCUT2D eigenvalue weighted by atomic mass is 16.5. The molecule has 26 heavy (non-hydrogen) atoms. The lowest BCUT2D eigenvalue weighted by Gasteiger charge is -2.26. The smallest absolute Gasteiger partial charge is 0.227 e. The highest BCUT2D eigenvalue weighted by Crippen LogP contribution is 2.37. The summed E-state index contributed by atoms with van der Waals surface area (Å²) in [5.41, 5.74) is 4.11. The first-order valence-corrected chi connectivity index (χ1v) is 8.96. The number of aromatic nitrogens is 2. The molecule has 0 spiro atoms. The molecule has 0 N–H and O–H groups in total. The fraction of sp³-hybridized carbons (Fsp3) is 0.500. The van der Waals surface area contributed by atoms with Crippen molar-refractivity contribution in [1.29, 1.82) is 0 Å². The van der Waals surface area contributed by atoms with E-state index in [1.54, 1.807) is 14.2 Å². The number of carbonyl (C=O) groups excluding carboxylic acids is 1. The number of hydrogen-bond acceptors (Lipinski definition) is 4. The molecule has 1 aromatic heterocycles. The Labute approximate surface area is 154 Å². The van der Waals surface area contributed by atoms with Gasteiger partial charge in [0.05, 0.1) is 32.4 Å². The van der Waals surface area contributed by atoms with E-state index < -0.39 is 0 Å². The van der Waals surface area contributed by atoms with Crippen LogP contribution in [-0.2, 0) is 18.3 Å². The Morgan fingerprint density at radius 1 is 1.23 bits per heavy atom. The van der Waals surface area contributed by atoms with Gasteiger partial charge in [0.15, 0.2) is 11.5 Å². The summed E-state index contributed by atoms with van der Waals surface area (Å²) in [6, 6.07) is 6.00. The lowest BCUT2D eigenvalue weighted by molar-refractivity contribution is -0.131.